The lowest BCUT2D eigenvalue weighted by molar-refractivity contribution is -0.140. The maximum atomic E-state index is 13.5. The highest BCUT2D eigenvalue weighted by Crippen LogP contribution is 2.32. The Morgan fingerprint density at radius 1 is 0.602 bits per heavy atom. The average molecular weight is 1800 g/mol. The number of nitriles is 1. The van der Waals surface area contributed by atoms with Crippen molar-refractivity contribution in [2.45, 2.75) is 138 Å². The molecule has 32 nitrogen and oxygen atoms in total. The molecule has 12 N–H and O–H groups in total. The van der Waals surface area contributed by atoms with Crippen molar-refractivity contribution in [3.05, 3.63) is 282 Å². The number of fused-ring (bicyclic) bond motifs is 3. The molecule has 0 aliphatic heterocycles. The lowest BCUT2D eigenvalue weighted by Crippen LogP contribution is -2.40. The highest BCUT2D eigenvalue weighted by Gasteiger charge is 2.25. The van der Waals surface area contributed by atoms with Crippen molar-refractivity contribution in [3.63, 3.8) is 0 Å². The number of carboxylic acid groups (broad SMARTS) is 2. The number of alkyl carbamates (subject to hydrolysis) is 3. The second-order valence-corrected chi connectivity index (χ2v) is 30.1. The van der Waals surface area contributed by atoms with Crippen LogP contribution in [-0.2, 0) is 74.0 Å². The standard InChI is InChI=1S/C25H19F2N5O2.C17H20N4O2.C13H9F2NO3.C10H8BrNO.C7H15N3O2.C7H12N2O2.C5H9NO3S.ClH/c26-19-7-5-15(11-20(19)27)14-32-10-2-4-18(25(32)34)24(33)30-13-23-29-12-22(31-23)17-6-8-21-16(17)3-1-9-28-21;1-17(2,3)23-16(22)20-10-15-19-9-14(21-15)12-6-7-13-11(12)5-4-8-18-13;14-10-4-3-8(6-11(10)15)7-16-5-1-2-9(12(16)17)13(18)19;11-6-10(13)8-3-4-9-7(8)2-1-5-12-9;1-7(2,3)12-6(11)10-4-5(8)9;1-7(2,3)11-6(10)9-5-4-8;1-3(7)6-4(2-10)5(8)9;/h1-7,9-12H,8,13-14H2,(H,29,31)(H,30,33);4-6,8-9H,7,10H2,1-3H3,(H,19,21)(H,20,22);1-6H,7H2,(H,18,19);1-3,5H,4,6H2;4H2,1-3H3,(H3,8,9)(H,10,11);5H2,1-3H3,(H,9,10);4,10H,2H2,1H3,(H,6,7)(H,8,9);1H/t;;;;;;4-;/m......0./s1. The molecule has 7 aromatic heterocycles. The lowest BCUT2D eigenvalue weighted by Gasteiger charge is -2.19. The van der Waals surface area contributed by atoms with Crippen LogP contribution in [0.15, 0.2) is 168 Å². The second-order valence-electron chi connectivity index (χ2n) is 29.2. The van der Waals surface area contributed by atoms with Crippen molar-refractivity contribution in [3.8, 4) is 6.07 Å². The Labute approximate surface area is 724 Å². The summed E-state index contributed by atoms with van der Waals surface area (Å²) in [6.07, 6.45) is 18.6. The number of rotatable bonds is 20. The van der Waals surface area contributed by atoms with E-state index in [1.54, 1.807) is 84.7 Å². The summed E-state index contributed by atoms with van der Waals surface area (Å²) in [5, 5.41) is 44.7. The van der Waals surface area contributed by atoms with Gasteiger partial charge in [0.05, 0.1) is 85.0 Å². The summed E-state index contributed by atoms with van der Waals surface area (Å²) in [5.41, 5.74) is 13.5. The Balaban J connectivity index is 0.000000268. The zero-order chi connectivity index (χ0) is 90.2. The number of Topliss-reactive ketones (excluding diaryl/α,β-unsaturated/α-hetero) is 1. The molecule has 7 heterocycles. The van der Waals surface area contributed by atoms with Crippen molar-refractivity contribution in [2.75, 3.05) is 24.2 Å². The number of nitrogens with one attached hydrogen (secondary N) is 8. The zero-order valence-electron chi connectivity index (χ0n) is 68.5. The largest absolute Gasteiger partial charge is 0.480 e. The number of amides is 5. The van der Waals surface area contributed by atoms with Gasteiger partial charge in [0.2, 0.25) is 5.91 Å². The SMILES string of the molecule is CC(=O)N[C@@H](CS)C(=O)O.CC(C)(C)OC(=O)NCC#N.CC(C)(C)OC(=O)NCC(=N)N.CC(C)(C)OC(=O)NCc1ncc(C2=CCc3ncccc32)[nH]1.Cl.O=C(CBr)C1=CCc2ncccc21.O=C(NCc1ncc(C2=CCc3ncccc32)[nH]1)c1cccn(Cc2ccc(F)c(F)c2)c1=O.O=C(O)c1cccn(Cc2ccc(F)c(F)c2)c1=O. The molecular formula is C84H93BrClF4N17O15S. The van der Waals surface area contributed by atoms with Crippen LogP contribution in [-0.4, -0.2) is 155 Å². The predicted molar refractivity (Wildman–Crippen MR) is 458 cm³/mol. The molecule has 0 fully saturated rings. The van der Waals surface area contributed by atoms with E-state index in [4.69, 9.17) is 40.8 Å². The van der Waals surface area contributed by atoms with E-state index in [0.29, 0.717) is 34.7 Å². The van der Waals surface area contributed by atoms with Crippen LogP contribution in [0.3, 0.4) is 0 Å². The number of hydrogen-bond donors (Lipinski definition) is 12. The maximum Gasteiger partial charge on any atom is 0.408 e. The molecule has 123 heavy (non-hydrogen) atoms. The van der Waals surface area contributed by atoms with Gasteiger partial charge < -0.3 is 75.8 Å². The number of aliphatic carboxylic acids is 1. The zero-order valence-corrected chi connectivity index (χ0v) is 71.8. The summed E-state index contributed by atoms with van der Waals surface area (Å²) in [6.45, 7) is 17.7. The van der Waals surface area contributed by atoms with Crippen LogP contribution in [0.1, 0.15) is 158 Å². The third-order valence-corrected chi connectivity index (χ3v) is 17.0. The van der Waals surface area contributed by atoms with E-state index < -0.39 is 93.4 Å². The highest BCUT2D eigenvalue weighted by molar-refractivity contribution is 9.09. The molecule has 12 rings (SSSR count). The topological polar surface area (TPSA) is 479 Å². The van der Waals surface area contributed by atoms with Crippen LogP contribution in [0.2, 0.25) is 0 Å². The number of thiol groups is 1. The summed E-state index contributed by atoms with van der Waals surface area (Å²) in [5.74, 6) is -5.89. The van der Waals surface area contributed by atoms with Crippen molar-refractivity contribution in [1.29, 1.82) is 10.7 Å². The van der Waals surface area contributed by atoms with Gasteiger partial charge in [0.15, 0.2) is 29.1 Å². The van der Waals surface area contributed by atoms with Crippen LogP contribution >= 0.6 is 41.0 Å². The van der Waals surface area contributed by atoms with E-state index in [9.17, 15) is 65.5 Å². The van der Waals surface area contributed by atoms with E-state index in [1.165, 1.54) is 54.2 Å². The molecule has 0 radical (unpaired) electrons. The predicted octanol–water partition coefficient (Wildman–Crippen LogP) is 11.3. The lowest BCUT2D eigenvalue weighted by atomic mass is 10.1. The number of H-pyrrole nitrogens is 2. The van der Waals surface area contributed by atoms with Crippen molar-refractivity contribution >= 4 is 111 Å². The number of aromatic carboxylic acids is 1. The molecule has 3 aliphatic rings. The number of carboxylic acids is 2. The Morgan fingerprint density at radius 2 is 1.02 bits per heavy atom. The minimum atomic E-state index is -1.33. The molecule has 0 saturated heterocycles. The normalized spacial score (nSPS) is 11.9. The molecule has 3 aliphatic carbocycles. The van der Waals surface area contributed by atoms with Crippen molar-refractivity contribution in [1.82, 2.24) is 70.6 Å². The van der Waals surface area contributed by atoms with Gasteiger partial charge in [0.25, 0.3) is 17.0 Å². The second kappa shape index (κ2) is 47.5. The first kappa shape index (κ1) is 100. The summed E-state index contributed by atoms with van der Waals surface area (Å²) < 4.78 is 69.8. The number of ketones is 1. The summed E-state index contributed by atoms with van der Waals surface area (Å²) in [4.78, 5) is 141. The Bertz CT molecular complexity index is 5540. The number of nitrogens with two attached hydrogens (primary N) is 1. The summed E-state index contributed by atoms with van der Waals surface area (Å²) >= 11 is 6.90. The van der Waals surface area contributed by atoms with Crippen molar-refractivity contribution in [2.24, 2.45) is 5.73 Å². The van der Waals surface area contributed by atoms with E-state index in [1.807, 2.05) is 57.2 Å². The molecule has 2 aromatic carbocycles. The molecule has 5 amide bonds. The van der Waals surface area contributed by atoms with Crippen LogP contribution in [0.5, 0.6) is 0 Å². The van der Waals surface area contributed by atoms with Gasteiger partial charge in [-0.2, -0.15) is 17.9 Å². The molecule has 9 aromatic rings. The Kier molecular flexibility index (Phi) is 38.7. The molecule has 39 heteroatoms. The molecule has 1 atom stereocenters. The molecule has 0 saturated carbocycles. The quantitative estimate of drug-likeness (QED) is 0.00641. The Morgan fingerprint density at radius 3 is 1.43 bits per heavy atom. The molecule has 0 bridgehead atoms. The number of benzene rings is 2. The third-order valence-electron chi connectivity index (χ3n) is 16.1. The number of aromatic nitrogens is 9. The number of alkyl halides is 1. The number of ether oxygens (including phenoxy) is 3. The number of halogens is 6. The van der Waals surface area contributed by atoms with E-state index >= 15 is 0 Å². The fourth-order valence-electron chi connectivity index (χ4n) is 10.9. The number of hydrogen-bond acceptors (Lipinski definition) is 21. The van der Waals surface area contributed by atoms with Gasteiger partial charge in [0, 0.05) is 96.3 Å². The number of aromatic amines is 2. The first-order valence-corrected chi connectivity index (χ1v) is 38.9. The number of nitrogens with zero attached hydrogens (tertiary/aromatic N) is 8. The van der Waals surface area contributed by atoms with Gasteiger partial charge in [-0.05, 0) is 140 Å². The molecular weight excluding hydrogens is 1710 g/mol. The van der Waals surface area contributed by atoms with E-state index in [-0.39, 0.29) is 79.5 Å². The minimum absolute atomic E-state index is 0. The number of carbonyl (C=O) groups excluding carboxylic acids is 6. The van der Waals surface area contributed by atoms with E-state index in [0.717, 1.165) is 110 Å². The minimum Gasteiger partial charge on any atom is -0.480 e. The molecule has 652 valence electrons. The molecule has 0 spiro atoms. The first-order valence-electron chi connectivity index (χ1n) is 37.2. The number of allylic oxidation sites excluding steroid dienone is 4. The fraction of sp³-hybridized carbons (Fsp3) is 0.298. The van der Waals surface area contributed by atoms with Gasteiger partial charge in [-0.1, -0.05) is 64.5 Å². The van der Waals surface area contributed by atoms with Gasteiger partial charge in [-0.15, -0.1) is 12.4 Å². The first-order chi connectivity index (χ1) is 57.6. The van der Waals surface area contributed by atoms with Gasteiger partial charge >= 0.3 is 30.2 Å². The monoisotopic (exact) mass is 1800 g/mol. The van der Waals surface area contributed by atoms with Gasteiger partial charge in [-0.3, -0.25) is 44.3 Å². The number of amidine groups is 1. The Hall–Kier alpha value is -13.4. The highest BCUT2D eigenvalue weighted by atomic mass is 79.9. The number of imidazole rings is 2. The van der Waals surface area contributed by atoms with Crippen LogP contribution in [0.25, 0.3) is 16.7 Å². The summed E-state index contributed by atoms with van der Waals surface area (Å²) in [7, 11) is 0. The van der Waals surface area contributed by atoms with Crippen LogP contribution < -0.4 is 43.4 Å². The fourth-order valence-corrected chi connectivity index (χ4v) is 11.4. The van der Waals surface area contributed by atoms with Gasteiger partial charge in [0.1, 0.15) is 58.0 Å². The van der Waals surface area contributed by atoms with Crippen LogP contribution in [0.4, 0.5) is 31.9 Å². The van der Waals surface area contributed by atoms with E-state index in [2.05, 4.69) is 108 Å². The summed E-state index contributed by atoms with van der Waals surface area (Å²) in [6, 6.07) is 24.8. The third kappa shape index (κ3) is 33.3. The van der Waals surface area contributed by atoms with Crippen molar-refractivity contribution < 1.29 is 80.3 Å². The maximum absolute atomic E-state index is 13.5. The average Bonchev–Trinajstić information content (AvgIpc) is 1.79. The number of carbonyl (C=O) groups is 8. The van der Waals surface area contributed by atoms with Gasteiger partial charge in [-0.25, -0.2) is 51.5 Å². The smallest absolute Gasteiger partial charge is 0.408 e. The molecule has 0 unspecified atom stereocenters. The van der Waals surface area contributed by atoms with Crippen LogP contribution in [0, 0.1) is 40.0 Å². The number of pyridine rings is 5.